The summed E-state index contributed by atoms with van der Waals surface area (Å²) in [5.74, 6) is 1.87. The second-order valence-corrected chi connectivity index (χ2v) is 5.81. The quantitative estimate of drug-likeness (QED) is 0.300. The van der Waals surface area contributed by atoms with E-state index in [1.807, 2.05) is 31.2 Å². The number of terminal acetylenes is 1. The summed E-state index contributed by atoms with van der Waals surface area (Å²) in [7, 11) is 5.69. The first kappa shape index (κ1) is 20.7. The fourth-order valence-electron chi connectivity index (χ4n) is 1.63. The Morgan fingerprint density at radius 2 is 2.14 bits per heavy atom. The van der Waals surface area contributed by atoms with Gasteiger partial charge in [0, 0.05) is 0 Å². The van der Waals surface area contributed by atoms with Crippen molar-refractivity contribution >= 4 is 39.4 Å². The largest absolute Gasteiger partial charge is 0.275 e. The molecule has 1 aromatic carbocycles. The summed E-state index contributed by atoms with van der Waals surface area (Å²) < 4.78 is 1.36. The van der Waals surface area contributed by atoms with Crippen molar-refractivity contribution in [3.05, 3.63) is 59.2 Å². The Bertz CT molecular complexity index is 579. The summed E-state index contributed by atoms with van der Waals surface area (Å²) in [4.78, 5) is 11.7. The average molecular weight is 356 g/mol. The van der Waals surface area contributed by atoms with Crippen molar-refractivity contribution in [3.63, 3.8) is 0 Å². The number of nitrogens with zero attached hydrogens (tertiary/aromatic N) is 1. The first-order valence-corrected chi connectivity index (χ1v) is 8.40. The van der Waals surface area contributed by atoms with Gasteiger partial charge in [-0.1, -0.05) is 42.5 Å². The topological polar surface area (TPSA) is 20.3 Å². The molecule has 0 aliphatic heterocycles. The molecule has 22 heavy (non-hydrogen) atoms. The molecular weight excluding hydrogens is 337 g/mol. The maximum atomic E-state index is 11.7. The van der Waals surface area contributed by atoms with E-state index in [2.05, 4.69) is 25.5 Å². The molecule has 0 atom stereocenters. The summed E-state index contributed by atoms with van der Waals surface area (Å²) in [6.07, 6.45) is 7.25. The van der Waals surface area contributed by atoms with Gasteiger partial charge in [0.1, 0.15) is 0 Å². The third-order valence-electron chi connectivity index (χ3n) is 2.65. The Labute approximate surface area is 146 Å². The van der Waals surface area contributed by atoms with Gasteiger partial charge in [-0.05, 0) is 47.6 Å². The van der Waals surface area contributed by atoms with Crippen LogP contribution in [0.25, 0.3) is 0 Å². The number of rotatable bonds is 6. The molecule has 0 N–H and O–H groups in total. The Hall–Kier alpha value is -1.34. The van der Waals surface area contributed by atoms with Gasteiger partial charge >= 0.3 is 0 Å². The van der Waals surface area contributed by atoms with E-state index in [4.69, 9.17) is 22.3 Å². The number of hydrogen-bond donors (Lipinski definition) is 0. The molecule has 0 bridgehead atoms. The fourth-order valence-corrected chi connectivity index (χ4v) is 2.48. The number of amides is 1. The van der Waals surface area contributed by atoms with E-state index < -0.39 is 0 Å². The Balaban J connectivity index is 0.00000135. The van der Waals surface area contributed by atoms with E-state index in [0.29, 0.717) is 6.54 Å². The van der Waals surface area contributed by atoms with Crippen molar-refractivity contribution in [2.24, 2.45) is 0 Å². The summed E-state index contributed by atoms with van der Waals surface area (Å²) in [5, 5.41) is -0.0495. The van der Waals surface area contributed by atoms with Crippen LogP contribution in [0, 0.1) is 19.3 Å². The van der Waals surface area contributed by atoms with Crippen LogP contribution in [-0.4, -0.2) is 10.2 Å². The standard InChI is InChI=1S/C14H15Cl2NOS.C3H4/c1-4-5-13-8-12(7-6-10(13)2)9-17(19-16)14(18)11(3)15;1-3-2/h4,6-8H,1,3,5,9H2,2H3;1H,2H3. The van der Waals surface area contributed by atoms with Crippen molar-refractivity contribution in [3.8, 4) is 12.3 Å². The van der Waals surface area contributed by atoms with Crippen LogP contribution < -0.4 is 0 Å². The third-order valence-corrected chi connectivity index (χ3v) is 3.77. The molecule has 0 fully saturated rings. The average Bonchev–Trinajstić information content (AvgIpc) is 2.48. The molecule has 0 aliphatic carbocycles. The van der Waals surface area contributed by atoms with Crippen LogP contribution in [0.5, 0.6) is 0 Å². The molecule has 118 valence electrons. The zero-order chi connectivity index (χ0) is 17.1. The molecule has 0 saturated carbocycles. The van der Waals surface area contributed by atoms with Crippen LogP contribution in [0.1, 0.15) is 23.6 Å². The fraction of sp³-hybridized carbons (Fsp3) is 0.235. The highest BCUT2D eigenvalue weighted by Crippen LogP contribution is 2.23. The smallest absolute Gasteiger partial charge is 0.267 e. The molecule has 2 nitrogen and oxygen atoms in total. The third kappa shape index (κ3) is 7.09. The highest BCUT2D eigenvalue weighted by atomic mass is 35.7. The summed E-state index contributed by atoms with van der Waals surface area (Å²) in [6.45, 7) is 11.2. The zero-order valence-electron chi connectivity index (χ0n) is 12.7. The molecule has 5 heteroatoms. The second kappa shape index (κ2) is 11.3. The molecule has 0 saturated heterocycles. The lowest BCUT2D eigenvalue weighted by molar-refractivity contribution is -0.121. The van der Waals surface area contributed by atoms with Crippen molar-refractivity contribution in [1.29, 1.82) is 0 Å². The molecule has 1 aromatic rings. The van der Waals surface area contributed by atoms with Crippen molar-refractivity contribution in [2.45, 2.75) is 26.8 Å². The monoisotopic (exact) mass is 355 g/mol. The number of carbonyl (C=O) groups excluding carboxylic acids is 1. The molecule has 1 rings (SSSR count). The molecule has 0 aromatic heterocycles. The number of aryl methyl sites for hydroxylation is 1. The maximum absolute atomic E-state index is 11.7. The molecule has 0 aliphatic rings. The minimum Gasteiger partial charge on any atom is -0.267 e. The highest BCUT2D eigenvalue weighted by molar-refractivity contribution is 8.19. The number of allylic oxidation sites excluding steroid dienone is 1. The van der Waals surface area contributed by atoms with Gasteiger partial charge in [0.2, 0.25) is 0 Å². The molecule has 0 unspecified atom stereocenters. The summed E-state index contributed by atoms with van der Waals surface area (Å²) >= 11 is 6.42. The first-order valence-electron chi connectivity index (χ1n) is 6.42. The lowest BCUT2D eigenvalue weighted by Gasteiger charge is -2.18. The summed E-state index contributed by atoms with van der Waals surface area (Å²) in [6, 6.07) is 6.03. The van der Waals surface area contributed by atoms with Crippen LogP contribution in [0.3, 0.4) is 0 Å². The van der Waals surface area contributed by atoms with Crippen LogP contribution >= 0.6 is 33.4 Å². The lowest BCUT2D eigenvalue weighted by atomic mass is 10.0. The zero-order valence-corrected chi connectivity index (χ0v) is 15.1. The van der Waals surface area contributed by atoms with E-state index in [1.54, 1.807) is 6.92 Å². The van der Waals surface area contributed by atoms with Gasteiger partial charge in [0.25, 0.3) is 5.91 Å². The van der Waals surface area contributed by atoms with Crippen molar-refractivity contribution < 1.29 is 4.79 Å². The van der Waals surface area contributed by atoms with Gasteiger partial charge in [-0.15, -0.1) is 18.9 Å². The number of carbonyl (C=O) groups is 1. The number of benzene rings is 1. The van der Waals surface area contributed by atoms with E-state index in [9.17, 15) is 4.79 Å². The van der Waals surface area contributed by atoms with Gasteiger partial charge in [0.15, 0.2) is 0 Å². The first-order chi connectivity index (χ1) is 10.4. The van der Waals surface area contributed by atoms with E-state index in [0.717, 1.165) is 23.1 Å². The normalized spacial score (nSPS) is 9.05. The molecule has 0 heterocycles. The highest BCUT2D eigenvalue weighted by Gasteiger charge is 2.16. The van der Waals surface area contributed by atoms with Gasteiger partial charge in [-0.25, -0.2) is 0 Å². The van der Waals surface area contributed by atoms with Crippen LogP contribution in [0.4, 0.5) is 0 Å². The van der Waals surface area contributed by atoms with Crippen molar-refractivity contribution in [2.75, 3.05) is 0 Å². The van der Waals surface area contributed by atoms with Crippen LogP contribution in [0.2, 0.25) is 0 Å². The van der Waals surface area contributed by atoms with Gasteiger partial charge < -0.3 is 0 Å². The molecule has 0 spiro atoms. The minimum absolute atomic E-state index is 0.0495. The van der Waals surface area contributed by atoms with Gasteiger partial charge in [-0.2, -0.15) is 0 Å². The second-order valence-electron chi connectivity index (χ2n) is 4.36. The molecule has 0 radical (unpaired) electrons. The number of hydrogen-bond acceptors (Lipinski definition) is 2. The van der Waals surface area contributed by atoms with E-state index in [-0.39, 0.29) is 10.9 Å². The minimum atomic E-state index is -0.382. The predicted molar refractivity (Wildman–Crippen MR) is 98.6 cm³/mol. The predicted octanol–water partition coefficient (Wildman–Crippen LogP) is 5.25. The van der Waals surface area contributed by atoms with Crippen molar-refractivity contribution in [1.82, 2.24) is 4.31 Å². The molecular formula is C17H19Cl2NOS. The Kier molecular flexibility index (Phi) is 10.6. The molecule has 1 amide bonds. The van der Waals surface area contributed by atoms with E-state index >= 15 is 0 Å². The lowest BCUT2D eigenvalue weighted by Crippen LogP contribution is -2.22. The summed E-state index contributed by atoms with van der Waals surface area (Å²) in [5.41, 5.74) is 3.37. The van der Waals surface area contributed by atoms with E-state index in [1.165, 1.54) is 15.4 Å². The Morgan fingerprint density at radius 3 is 2.59 bits per heavy atom. The SMILES string of the molecule is C#CC.C=CCc1cc(CN(SCl)C(=O)C(=C)Cl)ccc1C. The van der Waals surface area contributed by atoms with Gasteiger partial charge in [0.05, 0.1) is 22.7 Å². The van der Waals surface area contributed by atoms with Gasteiger partial charge in [-0.3, -0.25) is 9.10 Å². The maximum Gasteiger partial charge on any atom is 0.275 e. The Morgan fingerprint density at radius 1 is 1.55 bits per heavy atom. The van der Waals surface area contributed by atoms with Crippen LogP contribution in [0.15, 0.2) is 42.5 Å². The number of halogens is 2. The van der Waals surface area contributed by atoms with Crippen LogP contribution in [-0.2, 0) is 17.8 Å².